The lowest BCUT2D eigenvalue weighted by Gasteiger charge is -2.31. The van der Waals surface area contributed by atoms with Gasteiger partial charge in [-0.2, -0.15) is 0 Å². The van der Waals surface area contributed by atoms with E-state index in [0.29, 0.717) is 19.3 Å². The zero-order valence-corrected chi connectivity index (χ0v) is 36.4. The summed E-state index contributed by atoms with van der Waals surface area (Å²) >= 11 is 0. The summed E-state index contributed by atoms with van der Waals surface area (Å²) in [5, 5.41) is 9.61. The number of unbranched alkanes of at least 4 members (excludes halogenated alkanes) is 20. The summed E-state index contributed by atoms with van der Waals surface area (Å²) in [5.41, 5.74) is 0. The molecule has 0 rings (SSSR count). The average molecular weight is 777 g/mol. The van der Waals surface area contributed by atoms with Crippen molar-refractivity contribution in [3.63, 3.8) is 0 Å². The third kappa shape index (κ3) is 36.9. The first-order valence-corrected chi connectivity index (χ1v) is 22.5. The number of carbonyl (C=O) groups is 3. The van der Waals surface area contributed by atoms with Crippen LogP contribution in [0.4, 0.5) is 0 Å². The standard InChI is InChI=1S/C47H85NO7/c1-6-8-10-12-14-16-18-20-21-22-23-24-25-26-28-30-32-34-36-38-46(50)55-43(41-53-40-39-44(47(51)52)48(3,4)5)42-54-45(49)37-35-33-31-29-27-19-17-15-13-11-9-7-2/h9,11,15,17,27,29,43-44H,6-8,10,12-14,16,18-26,28,30-42H2,1-5H3/p+1/b11-9+,17-15+,29-27+. The van der Waals surface area contributed by atoms with E-state index in [2.05, 4.69) is 50.3 Å². The van der Waals surface area contributed by atoms with Crippen molar-refractivity contribution in [2.45, 2.75) is 206 Å². The number of likely N-dealkylation sites (N-methyl/N-ethyl adjacent to an activating group) is 1. The van der Waals surface area contributed by atoms with Gasteiger partial charge in [0.2, 0.25) is 0 Å². The van der Waals surface area contributed by atoms with Crippen molar-refractivity contribution in [1.82, 2.24) is 0 Å². The van der Waals surface area contributed by atoms with Crippen LogP contribution >= 0.6 is 0 Å². The van der Waals surface area contributed by atoms with Gasteiger partial charge >= 0.3 is 17.9 Å². The van der Waals surface area contributed by atoms with Gasteiger partial charge in [0.25, 0.3) is 0 Å². The number of rotatable bonds is 40. The van der Waals surface area contributed by atoms with Gasteiger partial charge in [-0.25, -0.2) is 4.79 Å². The predicted octanol–water partition coefficient (Wildman–Crippen LogP) is 12.2. The average Bonchev–Trinajstić information content (AvgIpc) is 3.14. The SMILES string of the molecule is CC/C=C/C/C=C/C/C=C/CCCCC(=O)OCC(COCCC(C(=O)O)[N+](C)(C)C)OC(=O)CCCCCCCCCCCCCCCCCCCCC. The molecule has 0 aliphatic carbocycles. The summed E-state index contributed by atoms with van der Waals surface area (Å²) in [6, 6.07) is -0.618. The van der Waals surface area contributed by atoms with Crippen LogP contribution in [-0.2, 0) is 28.6 Å². The fourth-order valence-corrected chi connectivity index (χ4v) is 6.58. The van der Waals surface area contributed by atoms with Crippen LogP contribution in [0.3, 0.4) is 0 Å². The Labute approximate surface area is 338 Å². The highest BCUT2D eigenvalue weighted by molar-refractivity contribution is 5.72. The molecule has 1 N–H and O–H groups in total. The third-order valence-corrected chi connectivity index (χ3v) is 10.1. The zero-order valence-electron chi connectivity index (χ0n) is 36.4. The van der Waals surface area contributed by atoms with E-state index in [9.17, 15) is 19.5 Å². The van der Waals surface area contributed by atoms with Gasteiger partial charge in [0.1, 0.15) is 6.61 Å². The predicted molar refractivity (Wildman–Crippen MR) is 229 cm³/mol. The minimum Gasteiger partial charge on any atom is -0.477 e. The number of carbonyl (C=O) groups excluding carboxylic acids is 2. The summed E-state index contributed by atoms with van der Waals surface area (Å²) in [6.45, 7) is 4.59. The maximum atomic E-state index is 12.7. The molecule has 0 aliphatic rings. The van der Waals surface area contributed by atoms with E-state index in [1.54, 1.807) is 0 Å². The Kier molecular flexibility index (Phi) is 36.7. The first-order valence-electron chi connectivity index (χ1n) is 22.5. The highest BCUT2D eigenvalue weighted by Crippen LogP contribution is 2.16. The number of carboxylic acids is 1. The van der Waals surface area contributed by atoms with Crippen molar-refractivity contribution in [3.05, 3.63) is 36.5 Å². The monoisotopic (exact) mass is 777 g/mol. The number of quaternary nitrogens is 1. The van der Waals surface area contributed by atoms with Gasteiger partial charge in [0, 0.05) is 19.3 Å². The van der Waals surface area contributed by atoms with E-state index in [4.69, 9.17) is 14.2 Å². The van der Waals surface area contributed by atoms with Crippen LogP contribution in [0.1, 0.15) is 194 Å². The number of aliphatic carboxylic acids is 1. The van der Waals surface area contributed by atoms with Gasteiger partial charge in [-0.1, -0.05) is 166 Å². The number of esters is 2. The van der Waals surface area contributed by atoms with Crippen LogP contribution in [0.25, 0.3) is 0 Å². The molecule has 8 heteroatoms. The fourth-order valence-electron chi connectivity index (χ4n) is 6.58. The number of hydrogen-bond donors (Lipinski definition) is 1. The van der Waals surface area contributed by atoms with E-state index in [-0.39, 0.29) is 36.2 Å². The van der Waals surface area contributed by atoms with Crippen LogP contribution in [0.5, 0.6) is 0 Å². The number of ether oxygens (including phenoxy) is 3. The molecular formula is C47H86NO7+. The molecule has 0 aliphatic heterocycles. The molecule has 0 fully saturated rings. The maximum absolute atomic E-state index is 12.7. The van der Waals surface area contributed by atoms with Crippen molar-refractivity contribution in [1.29, 1.82) is 0 Å². The lowest BCUT2D eigenvalue weighted by atomic mass is 10.0. The van der Waals surface area contributed by atoms with Crippen molar-refractivity contribution in [2.75, 3.05) is 41.0 Å². The Morgan fingerprint density at radius 2 is 1.02 bits per heavy atom. The molecule has 0 amide bonds. The maximum Gasteiger partial charge on any atom is 0.362 e. The van der Waals surface area contributed by atoms with E-state index >= 15 is 0 Å². The number of hydrogen-bond acceptors (Lipinski definition) is 6. The summed E-state index contributed by atoms with van der Waals surface area (Å²) in [6.07, 6.45) is 43.4. The van der Waals surface area contributed by atoms with Gasteiger partial charge in [0.15, 0.2) is 12.1 Å². The first kappa shape index (κ1) is 52.6. The highest BCUT2D eigenvalue weighted by atomic mass is 16.6. The van der Waals surface area contributed by atoms with Gasteiger partial charge in [0.05, 0.1) is 34.4 Å². The third-order valence-electron chi connectivity index (χ3n) is 10.1. The first-order chi connectivity index (χ1) is 26.6. The minimum absolute atomic E-state index is 0.0514. The Bertz CT molecular complexity index is 1000. The number of carboxylic acid groups (broad SMARTS) is 1. The van der Waals surface area contributed by atoms with Crippen molar-refractivity contribution >= 4 is 17.9 Å². The topological polar surface area (TPSA) is 99.1 Å². The molecule has 0 radical (unpaired) electrons. The Morgan fingerprint density at radius 3 is 1.51 bits per heavy atom. The van der Waals surface area contributed by atoms with E-state index in [1.165, 1.54) is 103 Å². The Hall–Kier alpha value is -2.45. The largest absolute Gasteiger partial charge is 0.477 e. The van der Waals surface area contributed by atoms with E-state index < -0.39 is 18.1 Å². The molecule has 8 nitrogen and oxygen atoms in total. The second kappa shape index (κ2) is 38.4. The summed E-state index contributed by atoms with van der Waals surface area (Å²) in [4.78, 5) is 36.9. The molecule has 0 saturated carbocycles. The van der Waals surface area contributed by atoms with Crippen LogP contribution in [0.2, 0.25) is 0 Å². The molecule has 2 atom stereocenters. The Balaban J connectivity index is 4.30. The lowest BCUT2D eigenvalue weighted by Crippen LogP contribution is -2.50. The molecule has 55 heavy (non-hydrogen) atoms. The summed E-state index contributed by atoms with van der Waals surface area (Å²) in [7, 11) is 5.52. The molecule has 0 bridgehead atoms. The minimum atomic E-state index is -0.879. The van der Waals surface area contributed by atoms with Crippen molar-refractivity contribution in [3.8, 4) is 0 Å². The quantitative estimate of drug-likeness (QED) is 0.0286. The number of allylic oxidation sites excluding steroid dienone is 6. The molecule has 0 aromatic heterocycles. The smallest absolute Gasteiger partial charge is 0.362 e. The van der Waals surface area contributed by atoms with Crippen LogP contribution in [-0.4, -0.2) is 80.6 Å². The fraction of sp³-hybridized carbons (Fsp3) is 0.809. The molecule has 0 aromatic rings. The van der Waals surface area contributed by atoms with Gasteiger partial charge in [-0.05, 0) is 44.9 Å². The molecule has 0 saturated heterocycles. The Morgan fingerprint density at radius 1 is 0.564 bits per heavy atom. The van der Waals surface area contributed by atoms with Crippen LogP contribution in [0, 0.1) is 0 Å². The number of nitrogens with zero attached hydrogens (tertiary/aromatic N) is 1. The molecule has 320 valence electrons. The van der Waals surface area contributed by atoms with Gasteiger partial charge < -0.3 is 23.8 Å². The molecule has 0 aromatic carbocycles. The molecule has 0 spiro atoms. The normalized spacial score (nSPS) is 13.3. The molecular weight excluding hydrogens is 691 g/mol. The van der Waals surface area contributed by atoms with Crippen molar-refractivity contribution < 1.29 is 38.2 Å². The summed E-state index contributed by atoms with van der Waals surface area (Å²) < 4.78 is 17.2. The van der Waals surface area contributed by atoms with Crippen LogP contribution in [0.15, 0.2) is 36.5 Å². The molecule has 0 heterocycles. The molecule has 2 unspecified atom stereocenters. The van der Waals surface area contributed by atoms with Gasteiger partial charge in [-0.15, -0.1) is 0 Å². The highest BCUT2D eigenvalue weighted by Gasteiger charge is 2.31. The lowest BCUT2D eigenvalue weighted by molar-refractivity contribution is -0.887. The van der Waals surface area contributed by atoms with Crippen molar-refractivity contribution in [2.24, 2.45) is 0 Å². The second-order valence-corrected chi connectivity index (χ2v) is 16.3. The van der Waals surface area contributed by atoms with E-state index in [0.717, 1.165) is 57.8 Å². The van der Waals surface area contributed by atoms with Gasteiger partial charge in [-0.3, -0.25) is 9.59 Å². The summed E-state index contributed by atoms with van der Waals surface area (Å²) in [5.74, 6) is -1.51. The van der Waals surface area contributed by atoms with Crippen LogP contribution < -0.4 is 0 Å². The second-order valence-electron chi connectivity index (χ2n) is 16.3. The zero-order chi connectivity index (χ0) is 40.7. The van der Waals surface area contributed by atoms with E-state index in [1.807, 2.05) is 21.1 Å².